The molecule has 4 aromatic rings. The maximum absolute atomic E-state index is 13.7. The third-order valence-electron chi connectivity index (χ3n) is 14.9. The molecule has 0 spiro atoms. The van der Waals surface area contributed by atoms with Crippen molar-refractivity contribution in [2.75, 3.05) is 37.8 Å². The van der Waals surface area contributed by atoms with Gasteiger partial charge < -0.3 is 10.6 Å². The highest BCUT2D eigenvalue weighted by Gasteiger charge is 2.38. The fourth-order valence-corrected chi connectivity index (χ4v) is 13.7. The van der Waals surface area contributed by atoms with Crippen molar-refractivity contribution in [1.29, 1.82) is 9.56 Å². The molecule has 2 saturated heterocycles. The topological polar surface area (TPSA) is 171 Å². The second-order valence-corrected chi connectivity index (χ2v) is 22.3. The Morgan fingerprint density at radius 3 is 1.32 bits per heavy atom. The van der Waals surface area contributed by atoms with Gasteiger partial charge >= 0.3 is 12.1 Å². The molecule has 14 heteroatoms. The Hall–Kier alpha value is -4.76. The van der Waals surface area contributed by atoms with Crippen LogP contribution in [0.5, 0.6) is 0 Å². The summed E-state index contributed by atoms with van der Waals surface area (Å²) in [7, 11) is -2.99. The molecule has 6 aliphatic rings. The first-order valence-electron chi connectivity index (χ1n) is 22.5. The molecule has 4 aromatic carbocycles. The third kappa shape index (κ3) is 7.70. The van der Waals surface area contributed by atoms with Gasteiger partial charge in [-0.2, -0.15) is 0 Å². The number of carbonyl (C=O) groups is 2. The summed E-state index contributed by atoms with van der Waals surface area (Å²) in [6.45, 7) is 2.08. The van der Waals surface area contributed by atoms with Gasteiger partial charge in [-0.25, -0.2) is 37.0 Å². The maximum atomic E-state index is 13.7. The SMILES string of the molecule is CN1CCCC1c1ccc(S(=N)(=O)NC(=O)Nc2c3c(cc4c2CC(C2Cc5cc6c(c(NC(=O)NS(=N)(=O)c7ccc(C8CCCN8C)cc7)c5C2)CCC6)C4)CCC3)cc1. The van der Waals surface area contributed by atoms with E-state index in [0.29, 0.717) is 23.9 Å². The van der Waals surface area contributed by atoms with Crippen LogP contribution < -0.4 is 20.1 Å². The van der Waals surface area contributed by atoms with Crippen LogP contribution in [0.15, 0.2) is 70.5 Å². The molecule has 2 heterocycles. The average Bonchev–Trinajstić information content (AvgIpc) is 4.10. The third-order valence-corrected chi connectivity index (χ3v) is 17.8. The van der Waals surface area contributed by atoms with Crippen LogP contribution >= 0.6 is 0 Å². The number of hydrogen-bond acceptors (Lipinski definition) is 8. The number of rotatable bonds is 9. The Morgan fingerprint density at radius 1 is 0.548 bits per heavy atom. The number of nitrogens with one attached hydrogen (secondary N) is 6. The zero-order valence-electron chi connectivity index (χ0n) is 35.7. The standard InChI is InChI=1S/C48H58N8O4S2/c1-55-21-5-11-43(55)29-13-17-37(18-14-29)61(49,59)53-47(57)51-45-39-9-3-7-31(39)23-35-25-33(27-41(35)45)34-26-36-24-32-8-4-10-40(32)46(42(36)28-34)52-48(58)54-62(50,60)38-19-15-30(16-20-38)44-12-6-22-56(44)2/h13-20,23-24,33-34,43-44H,3-12,21-22,25-28H2,1-2H3,(H3,49,51,53,57,59)(H3,50,52,54,58,60). The van der Waals surface area contributed by atoms with E-state index in [1.165, 1.54) is 22.3 Å². The number of amides is 4. The highest BCUT2D eigenvalue weighted by Crippen LogP contribution is 2.48. The zero-order chi connectivity index (χ0) is 42.9. The number of benzene rings is 4. The first-order chi connectivity index (χ1) is 29.8. The van der Waals surface area contributed by atoms with Gasteiger partial charge in [0.05, 0.1) is 9.79 Å². The van der Waals surface area contributed by atoms with Crippen molar-refractivity contribution < 1.29 is 18.0 Å². The normalized spacial score (nSPS) is 24.7. The maximum Gasteiger partial charge on any atom is 0.331 e. The van der Waals surface area contributed by atoms with Crippen molar-refractivity contribution in [3.8, 4) is 0 Å². The van der Waals surface area contributed by atoms with Gasteiger partial charge in [-0.1, -0.05) is 36.4 Å². The van der Waals surface area contributed by atoms with Crippen molar-refractivity contribution in [3.63, 3.8) is 0 Å². The molecule has 326 valence electrons. The second kappa shape index (κ2) is 16.1. The van der Waals surface area contributed by atoms with E-state index >= 15 is 0 Å². The van der Waals surface area contributed by atoms with Crippen LogP contribution in [0.4, 0.5) is 21.0 Å². The van der Waals surface area contributed by atoms with Crippen LogP contribution in [-0.2, 0) is 71.2 Å². The minimum absolute atomic E-state index is 0.282. The summed E-state index contributed by atoms with van der Waals surface area (Å²) >= 11 is 0. The Labute approximate surface area is 366 Å². The fourth-order valence-electron chi connectivity index (χ4n) is 11.8. The number of urea groups is 2. The van der Waals surface area contributed by atoms with Gasteiger partial charge in [-0.15, -0.1) is 0 Å². The quantitative estimate of drug-likeness (QED) is 0.0984. The van der Waals surface area contributed by atoms with Crippen LogP contribution in [0.2, 0.25) is 0 Å². The van der Waals surface area contributed by atoms with Crippen molar-refractivity contribution >= 4 is 43.3 Å². The molecule has 0 aromatic heterocycles. The number of hydrogen-bond donors (Lipinski definition) is 6. The molecule has 2 fully saturated rings. The van der Waals surface area contributed by atoms with Crippen molar-refractivity contribution in [2.24, 2.45) is 11.8 Å². The smallest absolute Gasteiger partial charge is 0.307 e. The van der Waals surface area contributed by atoms with Gasteiger partial charge in [0.2, 0.25) is 0 Å². The zero-order valence-corrected chi connectivity index (χ0v) is 37.4. The van der Waals surface area contributed by atoms with Crippen molar-refractivity contribution in [1.82, 2.24) is 19.2 Å². The molecule has 12 nitrogen and oxygen atoms in total. The van der Waals surface area contributed by atoms with Crippen LogP contribution in [0, 0.1) is 21.4 Å². The number of nitrogens with zero attached hydrogens (tertiary/aromatic N) is 2. The van der Waals surface area contributed by atoms with E-state index in [-0.39, 0.29) is 9.79 Å². The molecule has 2 aliphatic heterocycles. The predicted octanol–water partition coefficient (Wildman–Crippen LogP) is 8.61. The molecule has 0 bridgehead atoms. The summed E-state index contributed by atoms with van der Waals surface area (Å²) in [5, 5.41) is 6.23. The molecule has 6 N–H and O–H groups in total. The van der Waals surface area contributed by atoms with Crippen molar-refractivity contribution in [2.45, 2.75) is 112 Å². The fraction of sp³-hybridized carbons (Fsp3) is 0.458. The number of likely N-dealkylation sites (tertiary alicyclic amines) is 2. The van der Waals surface area contributed by atoms with Gasteiger partial charge in [-0.3, -0.25) is 9.80 Å². The minimum atomic E-state index is -3.60. The number of fused-ring (bicyclic) bond motifs is 4. The number of aryl methyl sites for hydroxylation is 2. The van der Waals surface area contributed by atoms with Crippen LogP contribution in [0.25, 0.3) is 0 Å². The lowest BCUT2D eigenvalue weighted by molar-refractivity contribution is 0.256. The monoisotopic (exact) mass is 874 g/mol. The lowest BCUT2D eigenvalue weighted by atomic mass is 9.87. The molecule has 62 heavy (non-hydrogen) atoms. The van der Waals surface area contributed by atoms with E-state index in [9.17, 15) is 18.0 Å². The summed E-state index contributed by atoms with van der Waals surface area (Å²) in [6.07, 6.45) is 13.4. The van der Waals surface area contributed by atoms with E-state index in [0.717, 1.165) is 148 Å². The molecule has 4 aliphatic carbocycles. The van der Waals surface area contributed by atoms with Gasteiger partial charge in [0.1, 0.15) is 0 Å². The summed E-state index contributed by atoms with van der Waals surface area (Å²) in [5.74, 6) is 0.633. The van der Waals surface area contributed by atoms with Gasteiger partial charge in [-0.05, 0) is 209 Å². The Morgan fingerprint density at radius 2 is 0.952 bits per heavy atom. The van der Waals surface area contributed by atoms with E-state index in [1.54, 1.807) is 24.3 Å². The predicted molar refractivity (Wildman–Crippen MR) is 243 cm³/mol. The van der Waals surface area contributed by atoms with E-state index in [4.69, 9.17) is 9.56 Å². The molecule has 0 radical (unpaired) electrons. The summed E-state index contributed by atoms with van der Waals surface area (Å²) in [5.41, 5.74) is 13.5. The second-order valence-electron chi connectivity index (χ2n) is 18.7. The number of anilines is 2. The highest BCUT2D eigenvalue weighted by molar-refractivity contribution is 7.91. The van der Waals surface area contributed by atoms with Gasteiger partial charge in [0, 0.05) is 23.5 Å². The summed E-state index contributed by atoms with van der Waals surface area (Å²) in [4.78, 5) is 32.5. The lowest BCUT2D eigenvalue weighted by Gasteiger charge is -2.20. The van der Waals surface area contributed by atoms with Gasteiger partial charge in [0.15, 0.2) is 19.8 Å². The van der Waals surface area contributed by atoms with Crippen LogP contribution in [-0.4, -0.2) is 57.5 Å². The van der Waals surface area contributed by atoms with E-state index in [1.807, 2.05) is 24.3 Å². The molecule has 4 amide bonds. The molecule has 6 unspecified atom stereocenters. The molecule has 6 atom stereocenters. The number of carbonyl (C=O) groups excluding carboxylic acids is 2. The molecule has 0 saturated carbocycles. The average molecular weight is 875 g/mol. The molecular weight excluding hydrogens is 817 g/mol. The van der Waals surface area contributed by atoms with E-state index < -0.39 is 31.9 Å². The Balaban J connectivity index is 0.834. The first kappa shape index (κ1) is 41.3. The highest BCUT2D eigenvalue weighted by atomic mass is 32.2. The molecule has 10 rings (SSSR count). The Kier molecular flexibility index (Phi) is 10.7. The Bertz CT molecular complexity index is 2500. The summed E-state index contributed by atoms with van der Waals surface area (Å²) < 4.78 is 49.8. The van der Waals surface area contributed by atoms with Crippen LogP contribution in [0.3, 0.4) is 0 Å². The van der Waals surface area contributed by atoms with Gasteiger partial charge in [0.25, 0.3) is 0 Å². The van der Waals surface area contributed by atoms with E-state index in [2.05, 4.69) is 56.1 Å². The summed E-state index contributed by atoms with van der Waals surface area (Å²) in [6, 6.07) is 18.6. The van der Waals surface area contributed by atoms with Crippen molar-refractivity contribution in [3.05, 3.63) is 116 Å². The first-order valence-corrected chi connectivity index (χ1v) is 25.6. The minimum Gasteiger partial charge on any atom is -0.307 e. The van der Waals surface area contributed by atoms with Crippen LogP contribution in [0.1, 0.15) is 106 Å². The molecular formula is C48H58N8O4S2. The largest absolute Gasteiger partial charge is 0.331 e. The lowest BCUT2D eigenvalue weighted by Crippen LogP contribution is -2.34.